The zero-order valence-electron chi connectivity index (χ0n) is 11.5. The Morgan fingerprint density at radius 3 is 2.58 bits per heavy atom. The third-order valence-corrected chi connectivity index (χ3v) is 2.53. The molecule has 2 N–H and O–H groups in total. The lowest BCUT2D eigenvalue weighted by molar-refractivity contribution is -0.115. The molecule has 0 aliphatic carbocycles. The molecule has 2 amide bonds. The van der Waals surface area contributed by atoms with Gasteiger partial charge in [0, 0.05) is 5.69 Å². The maximum absolute atomic E-state index is 11.7. The Morgan fingerprint density at radius 2 is 1.95 bits per heavy atom. The lowest BCUT2D eigenvalue weighted by Gasteiger charge is -2.13. The highest BCUT2D eigenvalue weighted by Gasteiger charge is 2.10. The average Bonchev–Trinajstić information content (AvgIpc) is 2.37. The molecule has 0 bridgehead atoms. The first-order valence-corrected chi connectivity index (χ1v) is 6.34. The molecular formula is C14H20N2O3. The zero-order valence-corrected chi connectivity index (χ0v) is 11.5. The Balaban J connectivity index is 2.55. The van der Waals surface area contributed by atoms with Crippen LogP contribution in [0.4, 0.5) is 10.5 Å². The minimum absolute atomic E-state index is 0.106. The van der Waals surface area contributed by atoms with Crippen molar-refractivity contribution in [2.24, 2.45) is 0 Å². The number of amides is 2. The number of hydrogen-bond acceptors (Lipinski definition) is 3. The molecule has 0 spiro atoms. The normalized spacial score (nSPS) is 10.1. The maximum Gasteiger partial charge on any atom is 0.407 e. The van der Waals surface area contributed by atoms with Crippen LogP contribution >= 0.6 is 0 Å². The van der Waals surface area contributed by atoms with Gasteiger partial charge in [0.25, 0.3) is 0 Å². The summed E-state index contributed by atoms with van der Waals surface area (Å²) in [6.07, 6.45) is -0.588. The van der Waals surface area contributed by atoms with Crippen LogP contribution < -0.4 is 10.6 Å². The van der Waals surface area contributed by atoms with Crippen LogP contribution in [-0.2, 0) is 9.53 Å². The number of carbonyl (C=O) groups is 2. The third kappa shape index (κ3) is 4.99. The van der Waals surface area contributed by atoms with Crippen molar-refractivity contribution in [2.45, 2.75) is 26.7 Å². The minimum Gasteiger partial charge on any atom is -0.450 e. The molecule has 0 aliphatic rings. The van der Waals surface area contributed by atoms with Gasteiger partial charge in [0.2, 0.25) is 5.91 Å². The highest BCUT2D eigenvalue weighted by Crippen LogP contribution is 2.23. The van der Waals surface area contributed by atoms with Crippen molar-refractivity contribution >= 4 is 17.7 Å². The largest absolute Gasteiger partial charge is 0.450 e. The second-order valence-electron chi connectivity index (χ2n) is 4.36. The number of para-hydroxylation sites is 1. The van der Waals surface area contributed by atoms with Crippen LogP contribution in [-0.4, -0.2) is 25.2 Å². The first kappa shape index (κ1) is 15.0. The van der Waals surface area contributed by atoms with Crippen LogP contribution in [0.1, 0.15) is 32.3 Å². The second-order valence-corrected chi connectivity index (χ2v) is 4.36. The molecule has 0 aromatic heterocycles. The molecule has 104 valence electrons. The molecule has 0 fully saturated rings. The van der Waals surface area contributed by atoms with E-state index in [1.165, 1.54) is 0 Å². The maximum atomic E-state index is 11.7. The Hall–Kier alpha value is -2.04. The number of carbonyl (C=O) groups excluding carboxylic acids is 2. The fourth-order valence-electron chi connectivity index (χ4n) is 1.64. The van der Waals surface area contributed by atoms with Crippen LogP contribution in [0.25, 0.3) is 0 Å². The number of anilines is 1. The molecule has 0 unspecified atom stereocenters. The summed E-state index contributed by atoms with van der Waals surface area (Å²) in [4.78, 5) is 22.8. The van der Waals surface area contributed by atoms with Crippen LogP contribution in [0.5, 0.6) is 0 Å². The summed E-state index contributed by atoms with van der Waals surface area (Å²) in [7, 11) is 0. The van der Waals surface area contributed by atoms with Gasteiger partial charge in [-0.05, 0) is 24.5 Å². The SMILES string of the molecule is CCOC(=O)NCC(=O)Nc1ccccc1C(C)C. The Bertz CT molecular complexity index is 444. The summed E-state index contributed by atoms with van der Waals surface area (Å²) in [6.45, 7) is 6.00. The smallest absolute Gasteiger partial charge is 0.407 e. The lowest BCUT2D eigenvalue weighted by atomic mass is 10.0. The molecule has 5 heteroatoms. The molecule has 0 atom stereocenters. The molecule has 0 heterocycles. The summed E-state index contributed by atoms with van der Waals surface area (Å²) in [5.74, 6) is 0.0377. The van der Waals surface area contributed by atoms with E-state index < -0.39 is 6.09 Å². The van der Waals surface area contributed by atoms with Gasteiger partial charge in [0.15, 0.2) is 0 Å². The van der Waals surface area contributed by atoms with Crippen LogP contribution in [0.3, 0.4) is 0 Å². The van der Waals surface area contributed by atoms with E-state index in [1.807, 2.05) is 24.3 Å². The summed E-state index contributed by atoms with van der Waals surface area (Å²) >= 11 is 0. The first-order valence-electron chi connectivity index (χ1n) is 6.34. The highest BCUT2D eigenvalue weighted by molar-refractivity contribution is 5.94. The number of rotatable bonds is 5. The fraction of sp³-hybridized carbons (Fsp3) is 0.429. The molecule has 0 saturated carbocycles. The average molecular weight is 264 g/mol. The molecule has 0 aliphatic heterocycles. The second kappa shape index (κ2) is 7.41. The van der Waals surface area contributed by atoms with Crippen LogP contribution in [0, 0.1) is 0 Å². The number of nitrogens with one attached hydrogen (secondary N) is 2. The fourth-order valence-corrected chi connectivity index (χ4v) is 1.64. The lowest BCUT2D eigenvalue weighted by Crippen LogP contribution is -2.33. The number of alkyl carbamates (subject to hydrolysis) is 1. The van der Waals surface area contributed by atoms with E-state index in [0.717, 1.165) is 11.3 Å². The van der Waals surface area contributed by atoms with Crippen molar-refractivity contribution in [3.05, 3.63) is 29.8 Å². The molecule has 0 radical (unpaired) electrons. The number of ether oxygens (including phenoxy) is 1. The monoisotopic (exact) mass is 264 g/mol. The Morgan fingerprint density at radius 1 is 1.26 bits per heavy atom. The van der Waals surface area contributed by atoms with Crippen molar-refractivity contribution in [1.29, 1.82) is 0 Å². The summed E-state index contributed by atoms with van der Waals surface area (Å²) < 4.78 is 4.67. The van der Waals surface area contributed by atoms with Gasteiger partial charge in [-0.3, -0.25) is 4.79 Å². The van der Waals surface area contributed by atoms with Gasteiger partial charge in [-0.2, -0.15) is 0 Å². The predicted molar refractivity (Wildman–Crippen MR) is 74.2 cm³/mol. The van der Waals surface area contributed by atoms with E-state index >= 15 is 0 Å². The van der Waals surface area contributed by atoms with E-state index in [2.05, 4.69) is 29.2 Å². The standard InChI is InChI=1S/C14H20N2O3/c1-4-19-14(18)15-9-13(17)16-12-8-6-5-7-11(12)10(2)3/h5-8,10H,4,9H2,1-3H3,(H,15,18)(H,16,17). The summed E-state index contributed by atoms with van der Waals surface area (Å²) in [5, 5.41) is 5.16. The van der Waals surface area contributed by atoms with E-state index in [0.29, 0.717) is 5.92 Å². The van der Waals surface area contributed by atoms with Crippen molar-refractivity contribution in [3.63, 3.8) is 0 Å². The van der Waals surface area contributed by atoms with E-state index in [-0.39, 0.29) is 19.1 Å². The van der Waals surface area contributed by atoms with Gasteiger partial charge in [0.1, 0.15) is 6.54 Å². The van der Waals surface area contributed by atoms with Gasteiger partial charge in [-0.1, -0.05) is 32.0 Å². The highest BCUT2D eigenvalue weighted by atomic mass is 16.5. The predicted octanol–water partition coefficient (Wildman–Crippen LogP) is 2.49. The Labute approximate surface area is 113 Å². The topological polar surface area (TPSA) is 67.4 Å². The molecule has 1 aromatic carbocycles. The molecule has 0 saturated heterocycles. The van der Waals surface area contributed by atoms with E-state index in [9.17, 15) is 9.59 Å². The summed E-state index contributed by atoms with van der Waals surface area (Å²) in [6, 6.07) is 7.61. The first-order chi connectivity index (χ1) is 9.04. The van der Waals surface area contributed by atoms with E-state index in [1.54, 1.807) is 6.92 Å². The zero-order chi connectivity index (χ0) is 14.3. The molecular weight excluding hydrogens is 244 g/mol. The number of hydrogen-bond donors (Lipinski definition) is 2. The van der Waals surface area contributed by atoms with Gasteiger partial charge in [-0.15, -0.1) is 0 Å². The van der Waals surface area contributed by atoms with Gasteiger partial charge < -0.3 is 15.4 Å². The van der Waals surface area contributed by atoms with Crippen molar-refractivity contribution < 1.29 is 14.3 Å². The summed E-state index contributed by atoms with van der Waals surface area (Å²) in [5.41, 5.74) is 1.83. The number of benzene rings is 1. The van der Waals surface area contributed by atoms with Crippen molar-refractivity contribution in [2.75, 3.05) is 18.5 Å². The molecule has 1 aromatic rings. The molecule has 19 heavy (non-hydrogen) atoms. The van der Waals surface area contributed by atoms with Crippen molar-refractivity contribution in [3.8, 4) is 0 Å². The van der Waals surface area contributed by atoms with Gasteiger partial charge in [0.05, 0.1) is 6.61 Å². The van der Waals surface area contributed by atoms with Crippen molar-refractivity contribution in [1.82, 2.24) is 5.32 Å². The molecule has 1 rings (SSSR count). The van der Waals surface area contributed by atoms with Gasteiger partial charge >= 0.3 is 6.09 Å². The third-order valence-electron chi connectivity index (χ3n) is 2.53. The molecule has 5 nitrogen and oxygen atoms in total. The minimum atomic E-state index is -0.588. The van der Waals surface area contributed by atoms with E-state index in [4.69, 9.17) is 0 Å². The van der Waals surface area contributed by atoms with Crippen LogP contribution in [0.15, 0.2) is 24.3 Å². The quantitative estimate of drug-likeness (QED) is 0.858. The van der Waals surface area contributed by atoms with Crippen LogP contribution in [0.2, 0.25) is 0 Å². The van der Waals surface area contributed by atoms with Gasteiger partial charge in [-0.25, -0.2) is 4.79 Å². The Kier molecular flexibility index (Phi) is 5.85.